The molecule has 0 spiro atoms. The number of allylic oxidation sites excluding steroid dienone is 1. The first-order valence-electron chi connectivity index (χ1n) is 7.04. The number of nitrogens with one attached hydrogen (secondary N) is 2. The molecule has 0 amide bonds. The van der Waals surface area contributed by atoms with E-state index in [2.05, 4.69) is 10.3 Å². The monoisotopic (exact) mass is 292 g/mol. The maximum absolute atomic E-state index is 12.2. The van der Waals surface area contributed by atoms with E-state index in [0.717, 1.165) is 17.0 Å². The fourth-order valence-corrected chi connectivity index (χ4v) is 2.14. The molecule has 2 heterocycles. The lowest BCUT2D eigenvalue weighted by atomic mass is 10.2. The molecule has 0 saturated carbocycles. The molecule has 2 aromatic heterocycles. The predicted molar refractivity (Wildman–Crippen MR) is 85.1 cm³/mol. The lowest BCUT2D eigenvalue weighted by molar-refractivity contribution is 0.102. The SMILES string of the molecule is O=C(/C=C(/NCc1ccccc1)c1ccc[nH]1)c1ccco1. The molecule has 4 nitrogen and oxygen atoms in total. The summed E-state index contributed by atoms with van der Waals surface area (Å²) >= 11 is 0. The number of hydrogen-bond acceptors (Lipinski definition) is 3. The zero-order valence-electron chi connectivity index (χ0n) is 12.0. The second-order valence-electron chi connectivity index (χ2n) is 4.82. The summed E-state index contributed by atoms with van der Waals surface area (Å²) in [4.78, 5) is 15.3. The van der Waals surface area contributed by atoms with E-state index in [1.54, 1.807) is 18.2 Å². The predicted octanol–water partition coefficient (Wildman–Crippen LogP) is 3.62. The summed E-state index contributed by atoms with van der Waals surface area (Å²) in [6.45, 7) is 0.636. The molecule has 0 aliphatic rings. The Morgan fingerprint density at radius 3 is 2.64 bits per heavy atom. The van der Waals surface area contributed by atoms with Gasteiger partial charge in [0.15, 0.2) is 5.76 Å². The summed E-state index contributed by atoms with van der Waals surface area (Å²) in [6, 6.07) is 17.2. The van der Waals surface area contributed by atoms with Crippen LogP contribution in [-0.2, 0) is 6.54 Å². The van der Waals surface area contributed by atoms with Gasteiger partial charge in [0.1, 0.15) is 0 Å². The average molecular weight is 292 g/mol. The molecule has 0 saturated heterocycles. The number of carbonyl (C=O) groups excluding carboxylic acids is 1. The van der Waals surface area contributed by atoms with Crippen molar-refractivity contribution in [3.05, 3.63) is 90.2 Å². The Hall–Kier alpha value is -3.01. The minimum atomic E-state index is -0.171. The highest BCUT2D eigenvalue weighted by atomic mass is 16.3. The minimum absolute atomic E-state index is 0.171. The van der Waals surface area contributed by atoms with Crippen LogP contribution < -0.4 is 5.32 Å². The molecule has 3 aromatic rings. The van der Waals surface area contributed by atoms with Gasteiger partial charge in [-0.3, -0.25) is 4.79 Å². The van der Waals surface area contributed by atoms with Gasteiger partial charge in [0.05, 0.1) is 17.7 Å². The van der Waals surface area contributed by atoms with Crippen molar-refractivity contribution < 1.29 is 9.21 Å². The summed E-state index contributed by atoms with van der Waals surface area (Å²) < 4.78 is 5.14. The lowest BCUT2D eigenvalue weighted by Gasteiger charge is -2.09. The molecule has 0 radical (unpaired) electrons. The molecule has 3 rings (SSSR count). The summed E-state index contributed by atoms with van der Waals surface area (Å²) in [7, 11) is 0. The number of carbonyl (C=O) groups is 1. The lowest BCUT2D eigenvalue weighted by Crippen LogP contribution is -2.13. The van der Waals surface area contributed by atoms with E-state index < -0.39 is 0 Å². The van der Waals surface area contributed by atoms with E-state index >= 15 is 0 Å². The first-order chi connectivity index (χ1) is 10.8. The van der Waals surface area contributed by atoms with Gasteiger partial charge in [-0.2, -0.15) is 0 Å². The van der Waals surface area contributed by atoms with Gasteiger partial charge in [-0.15, -0.1) is 0 Å². The van der Waals surface area contributed by atoms with Gasteiger partial charge in [0, 0.05) is 18.8 Å². The first-order valence-corrected chi connectivity index (χ1v) is 7.04. The van der Waals surface area contributed by atoms with Crippen molar-refractivity contribution in [3.63, 3.8) is 0 Å². The van der Waals surface area contributed by atoms with E-state index in [1.165, 1.54) is 6.26 Å². The Bertz CT molecular complexity index is 742. The van der Waals surface area contributed by atoms with Crippen molar-refractivity contribution in [2.24, 2.45) is 0 Å². The van der Waals surface area contributed by atoms with E-state index in [1.807, 2.05) is 48.7 Å². The second-order valence-corrected chi connectivity index (χ2v) is 4.82. The van der Waals surface area contributed by atoms with Crippen molar-refractivity contribution in [2.45, 2.75) is 6.54 Å². The first kappa shape index (κ1) is 13.9. The molecule has 22 heavy (non-hydrogen) atoms. The number of H-pyrrole nitrogens is 1. The van der Waals surface area contributed by atoms with Crippen molar-refractivity contribution in [2.75, 3.05) is 0 Å². The average Bonchev–Trinajstić information content (AvgIpc) is 3.25. The van der Waals surface area contributed by atoms with Gasteiger partial charge in [-0.25, -0.2) is 0 Å². The quantitative estimate of drug-likeness (QED) is 0.539. The minimum Gasteiger partial charge on any atom is -0.461 e. The Kier molecular flexibility index (Phi) is 4.20. The molecule has 0 aliphatic heterocycles. The van der Waals surface area contributed by atoms with Crippen molar-refractivity contribution in [1.82, 2.24) is 10.3 Å². The van der Waals surface area contributed by atoms with E-state index in [0.29, 0.717) is 12.3 Å². The molecule has 2 N–H and O–H groups in total. The highest BCUT2D eigenvalue weighted by Crippen LogP contribution is 2.13. The zero-order chi connectivity index (χ0) is 15.2. The standard InChI is InChI=1S/C18H16N2O2/c21-17(18-9-5-11-22-18)12-16(15-8-4-10-19-15)20-13-14-6-2-1-3-7-14/h1-12,19-20H,13H2/b16-12+. The van der Waals surface area contributed by atoms with Crippen LogP contribution in [0.25, 0.3) is 5.70 Å². The topological polar surface area (TPSA) is 58.0 Å². The third-order valence-electron chi connectivity index (χ3n) is 3.25. The van der Waals surface area contributed by atoms with Crippen LogP contribution in [-0.4, -0.2) is 10.8 Å². The fraction of sp³-hybridized carbons (Fsp3) is 0.0556. The number of benzene rings is 1. The van der Waals surface area contributed by atoms with Gasteiger partial charge in [0.25, 0.3) is 0 Å². The van der Waals surface area contributed by atoms with Crippen LogP contribution in [0.4, 0.5) is 0 Å². The van der Waals surface area contributed by atoms with Gasteiger partial charge >= 0.3 is 0 Å². The normalized spacial score (nSPS) is 11.4. The Balaban J connectivity index is 1.80. The number of rotatable bonds is 6. The van der Waals surface area contributed by atoms with E-state index in [9.17, 15) is 4.79 Å². The van der Waals surface area contributed by atoms with Crippen molar-refractivity contribution >= 4 is 11.5 Å². The fourth-order valence-electron chi connectivity index (χ4n) is 2.14. The van der Waals surface area contributed by atoms with Crippen molar-refractivity contribution in [3.8, 4) is 0 Å². The molecule has 0 atom stereocenters. The molecule has 1 aromatic carbocycles. The number of aromatic nitrogens is 1. The van der Waals surface area contributed by atoms with Crippen LogP contribution in [0.2, 0.25) is 0 Å². The maximum Gasteiger partial charge on any atom is 0.223 e. The number of ketones is 1. The summed E-state index contributed by atoms with van der Waals surface area (Å²) in [5, 5.41) is 3.30. The molecule has 4 heteroatoms. The third-order valence-corrected chi connectivity index (χ3v) is 3.25. The van der Waals surface area contributed by atoms with Gasteiger partial charge < -0.3 is 14.7 Å². The van der Waals surface area contributed by atoms with Crippen LogP contribution >= 0.6 is 0 Å². The Morgan fingerprint density at radius 2 is 1.95 bits per heavy atom. The summed E-state index contributed by atoms with van der Waals surface area (Å²) in [6.07, 6.45) is 4.87. The smallest absolute Gasteiger partial charge is 0.223 e. The number of furan rings is 1. The Labute approximate surface area is 128 Å². The Morgan fingerprint density at radius 1 is 1.09 bits per heavy atom. The summed E-state index contributed by atoms with van der Waals surface area (Å²) in [5.41, 5.74) is 2.73. The third kappa shape index (κ3) is 3.35. The van der Waals surface area contributed by atoms with Crippen LogP contribution in [0, 0.1) is 0 Å². The number of aromatic amines is 1. The van der Waals surface area contributed by atoms with Crippen LogP contribution in [0.5, 0.6) is 0 Å². The molecule has 0 aliphatic carbocycles. The molecule has 0 fully saturated rings. The van der Waals surface area contributed by atoms with Crippen LogP contribution in [0.1, 0.15) is 21.8 Å². The van der Waals surface area contributed by atoms with Gasteiger partial charge in [0.2, 0.25) is 5.78 Å². The molecule has 110 valence electrons. The highest BCUT2D eigenvalue weighted by Gasteiger charge is 2.09. The van der Waals surface area contributed by atoms with Crippen LogP contribution in [0.15, 0.2) is 77.6 Å². The summed E-state index contributed by atoms with van der Waals surface area (Å²) in [5.74, 6) is 0.153. The van der Waals surface area contributed by atoms with Crippen molar-refractivity contribution in [1.29, 1.82) is 0 Å². The highest BCUT2D eigenvalue weighted by molar-refractivity contribution is 6.06. The largest absolute Gasteiger partial charge is 0.461 e. The van der Waals surface area contributed by atoms with E-state index in [-0.39, 0.29) is 5.78 Å². The van der Waals surface area contributed by atoms with E-state index in [4.69, 9.17) is 4.42 Å². The maximum atomic E-state index is 12.2. The molecule has 0 unspecified atom stereocenters. The molecular weight excluding hydrogens is 276 g/mol. The zero-order valence-corrected chi connectivity index (χ0v) is 12.0. The van der Waals surface area contributed by atoms with Gasteiger partial charge in [-0.1, -0.05) is 30.3 Å². The number of hydrogen-bond donors (Lipinski definition) is 2. The molecular formula is C18H16N2O2. The van der Waals surface area contributed by atoms with Gasteiger partial charge in [-0.05, 0) is 29.8 Å². The molecule has 0 bridgehead atoms. The second kappa shape index (κ2) is 6.63. The van der Waals surface area contributed by atoms with Crippen LogP contribution in [0.3, 0.4) is 0 Å².